The summed E-state index contributed by atoms with van der Waals surface area (Å²) in [4.78, 5) is 4.36. The fraction of sp³-hybridized carbons (Fsp3) is 0.688. The second kappa shape index (κ2) is 8.97. The van der Waals surface area contributed by atoms with Crippen LogP contribution in [0.5, 0.6) is 5.75 Å². The van der Waals surface area contributed by atoms with Gasteiger partial charge in [-0.1, -0.05) is 0 Å². The molecule has 0 spiro atoms. The van der Waals surface area contributed by atoms with Gasteiger partial charge in [0, 0.05) is 56.2 Å². The summed E-state index contributed by atoms with van der Waals surface area (Å²) in [6.45, 7) is 5.45. The first kappa shape index (κ1) is 16.2. The molecule has 0 aliphatic heterocycles. The molecule has 0 atom stereocenters. The van der Waals surface area contributed by atoms with Crippen molar-refractivity contribution in [2.24, 2.45) is 0 Å². The highest BCUT2D eigenvalue weighted by Crippen LogP contribution is 2.23. The quantitative estimate of drug-likeness (QED) is 0.633. The van der Waals surface area contributed by atoms with Crippen LogP contribution in [0.1, 0.15) is 30.5 Å². The van der Waals surface area contributed by atoms with Crippen molar-refractivity contribution in [3.63, 3.8) is 0 Å². The average Bonchev–Trinajstić information content (AvgIpc) is 3.29. The topological polar surface area (TPSA) is 52.6 Å². The Morgan fingerprint density at radius 1 is 1.24 bits per heavy atom. The zero-order valence-corrected chi connectivity index (χ0v) is 13.1. The van der Waals surface area contributed by atoms with Crippen LogP contribution in [0.3, 0.4) is 0 Å². The summed E-state index contributed by atoms with van der Waals surface area (Å²) in [7, 11) is 1.68. The Morgan fingerprint density at radius 2 is 2.10 bits per heavy atom. The molecule has 1 saturated carbocycles. The van der Waals surface area contributed by atoms with Gasteiger partial charge in [0.1, 0.15) is 5.75 Å². The van der Waals surface area contributed by atoms with Gasteiger partial charge in [-0.25, -0.2) is 0 Å². The second-order valence-electron chi connectivity index (χ2n) is 5.40. The Balaban J connectivity index is 1.70. The molecule has 0 amide bonds. The molecule has 0 radical (unpaired) electrons. The van der Waals surface area contributed by atoms with Gasteiger partial charge in [0.2, 0.25) is 0 Å². The monoisotopic (exact) mass is 294 g/mol. The number of methoxy groups -OCH3 is 1. The van der Waals surface area contributed by atoms with Crippen LogP contribution in [-0.2, 0) is 16.0 Å². The van der Waals surface area contributed by atoms with Crippen LogP contribution >= 0.6 is 0 Å². The van der Waals surface area contributed by atoms with E-state index in [1.165, 1.54) is 12.8 Å². The minimum atomic E-state index is 0.640. The third-order valence-corrected chi connectivity index (χ3v) is 3.36. The summed E-state index contributed by atoms with van der Waals surface area (Å²) in [5, 5.41) is 3.50. The normalized spacial score (nSPS) is 14.4. The van der Waals surface area contributed by atoms with E-state index in [4.69, 9.17) is 14.2 Å². The second-order valence-corrected chi connectivity index (χ2v) is 5.40. The molecule has 0 bridgehead atoms. The van der Waals surface area contributed by atoms with Crippen molar-refractivity contribution in [3.05, 3.63) is 23.5 Å². The maximum absolute atomic E-state index is 5.89. The van der Waals surface area contributed by atoms with Gasteiger partial charge in [-0.2, -0.15) is 0 Å². The van der Waals surface area contributed by atoms with Crippen LogP contribution < -0.4 is 10.1 Å². The van der Waals surface area contributed by atoms with Crippen LogP contribution in [0.25, 0.3) is 0 Å². The van der Waals surface area contributed by atoms with Crippen LogP contribution in [0.4, 0.5) is 0 Å². The van der Waals surface area contributed by atoms with Gasteiger partial charge in [0.05, 0.1) is 19.8 Å². The average molecular weight is 294 g/mol. The molecule has 21 heavy (non-hydrogen) atoms. The maximum Gasteiger partial charge on any atom is 0.127 e. The number of nitrogens with one attached hydrogen (secondary N) is 1. The summed E-state index contributed by atoms with van der Waals surface area (Å²) >= 11 is 0. The number of ether oxygens (including phenoxy) is 3. The van der Waals surface area contributed by atoms with E-state index in [1.807, 2.05) is 19.2 Å². The Morgan fingerprint density at radius 3 is 2.86 bits per heavy atom. The zero-order valence-electron chi connectivity index (χ0n) is 13.1. The maximum atomic E-state index is 5.89. The molecule has 5 heteroatoms. The summed E-state index contributed by atoms with van der Waals surface area (Å²) < 4.78 is 16.2. The van der Waals surface area contributed by atoms with E-state index in [-0.39, 0.29) is 0 Å². The molecule has 1 heterocycles. The number of aromatic nitrogens is 1. The van der Waals surface area contributed by atoms with Gasteiger partial charge in [-0.15, -0.1) is 0 Å². The lowest BCUT2D eigenvalue weighted by Gasteiger charge is -2.12. The molecular weight excluding hydrogens is 268 g/mol. The van der Waals surface area contributed by atoms with Crippen molar-refractivity contribution in [2.75, 3.05) is 33.5 Å². The minimum absolute atomic E-state index is 0.640. The van der Waals surface area contributed by atoms with Gasteiger partial charge >= 0.3 is 0 Å². The Hall–Kier alpha value is -1.17. The lowest BCUT2D eigenvalue weighted by molar-refractivity contribution is 0.0644. The van der Waals surface area contributed by atoms with Crippen LogP contribution in [0, 0.1) is 6.92 Å². The summed E-state index contributed by atoms with van der Waals surface area (Å²) in [6, 6.07) is 2.70. The summed E-state index contributed by atoms with van der Waals surface area (Å²) in [5.41, 5.74) is 2.12. The molecule has 1 fully saturated rings. The van der Waals surface area contributed by atoms with Gasteiger partial charge in [-0.3, -0.25) is 4.98 Å². The summed E-state index contributed by atoms with van der Waals surface area (Å²) in [6.07, 6.45) is 5.36. The van der Waals surface area contributed by atoms with Crippen molar-refractivity contribution in [1.82, 2.24) is 10.3 Å². The largest absolute Gasteiger partial charge is 0.493 e. The third kappa shape index (κ3) is 6.42. The number of rotatable bonds is 11. The van der Waals surface area contributed by atoms with Crippen molar-refractivity contribution in [1.29, 1.82) is 0 Å². The number of nitrogens with zero attached hydrogens (tertiary/aromatic N) is 1. The highest BCUT2D eigenvalue weighted by molar-refractivity contribution is 5.32. The molecule has 0 saturated heterocycles. The van der Waals surface area contributed by atoms with E-state index in [9.17, 15) is 0 Å². The van der Waals surface area contributed by atoms with E-state index in [0.717, 1.165) is 30.0 Å². The molecule has 118 valence electrons. The number of aryl methyl sites for hydroxylation is 1. The molecule has 5 nitrogen and oxygen atoms in total. The lowest BCUT2D eigenvalue weighted by atomic mass is 10.2. The van der Waals surface area contributed by atoms with Crippen LogP contribution in [-0.4, -0.2) is 44.6 Å². The fourth-order valence-corrected chi connectivity index (χ4v) is 1.96. The predicted octanol–water partition coefficient (Wildman–Crippen LogP) is 2.07. The molecule has 0 aromatic carbocycles. The van der Waals surface area contributed by atoms with E-state index in [2.05, 4.69) is 10.3 Å². The molecule has 1 aromatic rings. The lowest BCUT2D eigenvalue weighted by Crippen LogP contribution is -2.16. The Labute approximate surface area is 127 Å². The van der Waals surface area contributed by atoms with Gasteiger partial charge < -0.3 is 19.5 Å². The first-order chi connectivity index (χ1) is 10.3. The highest BCUT2D eigenvalue weighted by atomic mass is 16.5. The number of hydrogen-bond acceptors (Lipinski definition) is 5. The molecule has 1 aromatic heterocycles. The van der Waals surface area contributed by atoms with E-state index in [0.29, 0.717) is 32.5 Å². The van der Waals surface area contributed by atoms with Crippen LogP contribution in [0.2, 0.25) is 0 Å². The number of pyridine rings is 1. The predicted molar refractivity (Wildman–Crippen MR) is 81.6 cm³/mol. The van der Waals surface area contributed by atoms with E-state index in [1.54, 1.807) is 7.11 Å². The fourth-order valence-electron chi connectivity index (χ4n) is 1.96. The van der Waals surface area contributed by atoms with Crippen molar-refractivity contribution in [2.45, 2.75) is 38.8 Å². The van der Waals surface area contributed by atoms with E-state index < -0.39 is 0 Å². The molecule has 1 aliphatic carbocycles. The van der Waals surface area contributed by atoms with Gasteiger partial charge in [0.15, 0.2) is 0 Å². The smallest absolute Gasteiger partial charge is 0.127 e. The standard InChI is InChI=1S/C16H26N2O3/c1-13-10-16(21-7-3-6-20-9-8-19-2)14(11-17-13)12-18-15-4-5-15/h10-11,15,18H,3-9,12H2,1-2H3. The molecule has 1 aliphatic rings. The SMILES string of the molecule is COCCOCCCOc1cc(C)ncc1CNC1CC1. The van der Waals surface area contributed by atoms with Gasteiger partial charge in [0.25, 0.3) is 0 Å². The third-order valence-electron chi connectivity index (χ3n) is 3.36. The molecule has 1 N–H and O–H groups in total. The highest BCUT2D eigenvalue weighted by Gasteiger charge is 2.20. The molecule has 2 rings (SSSR count). The van der Waals surface area contributed by atoms with Gasteiger partial charge in [-0.05, 0) is 19.8 Å². The Kier molecular flexibility index (Phi) is 6.92. The zero-order chi connectivity index (χ0) is 14.9. The minimum Gasteiger partial charge on any atom is -0.493 e. The van der Waals surface area contributed by atoms with E-state index >= 15 is 0 Å². The summed E-state index contributed by atoms with van der Waals surface area (Å²) in [5.74, 6) is 0.938. The van der Waals surface area contributed by atoms with Crippen molar-refractivity contribution < 1.29 is 14.2 Å². The molecular formula is C16H26N2O3. The first-order valence-electron chi connectivity index (χ1n) is 7.68. The number of hydrogen-bond donors (Lipinski definition) is 1. The van der Waals surface area contributed by atoms with Crippen molar-refractivity contribution in [3.8, 4) is 5.75 Å². The first-order valence-corrected chi connectivity index (χ1v) is 7.68. The van der Waals surface area contributed by atoms with Crippen molar-refractivity contribution >= 4 is 0 Å². The Bertz CT molecular complexity index is 422. The van der Waals surface area contributed by atoms with Crippen LogP contribution in [0.15, 0.2) is 12.3 Å². The molecule has 0 unspecified atom stereocenters.